The molecule has 184 valence electrons. The van der Waals surface area contributed by atoms with Gasteiger partial charge in [0.25, 0.3) is 0 Å². The lowest BCUT2D eigenvalue weighted by Gasteiger charge is -2.35. The minimum Gasteiger partial charge on any atom is -0.305 e. The van der Waals surface area contributed by atoms with E-state index in [1.165, 1.54) is 35.3 Å². The van der Waals surface area contributed by atoms with Crippen LogP contribution in [-0.4, -0.2) is 34.3 Å². The van der Waals surface area contributed by atoms with Gasteiger partial charge in [0.1, 0.15) is 17.8 Å². The molecule has 37 heavy (non-hydrogen) atoms. The van der Waals surface area contributed by atoms with E-state index in [1.54, 1.807) is 28.8 Å². The van der Waals surface area contributed by atoms with Crippen molar-refractivity contribution >= 4 is 11.0 Å². The average molecular weight is 502 g/mol. The van der Waals surface area contributed by atoms with Gasteiger partial charge < -0.3 is 4.98 Å². The molecule has 3 aromatic heterocycles. The molecule has 3 heterocycles. The lowest BCUT2D eigenvalue weighted by molar-refractivity contribution is -0.137. The van der Waals surface area contributed by atoms with Crippen LogP contribution in [0.5, 0.6) is 0 Å². The van der Waals surface area contributed by atoms with Crippen LogP contribution < -0.4 is 5.69 Å². The predicted octanol–water partition coefficient (Wildman–Crippen LogP) is 4.38. The molecular formula is C25H17F3N8O. The second kappa shape index (κ2) is 8.41. The first-order valence-corrected chi connectivity index (χ1v) is 11.4. The number of fused-ring (bicyclic) bond motifs is 1. The minimum absolute atomic E-state index is 0.0969. The van der Waals surface area contributed by atoms with Crippen LogP contribution in [0.4, 0.5) is 13.2 Å². The number of aromatic nitrogens is 7. The molecule has 0 aliphatic heterocycles. The normalized spacial score (nSPS) is 17.5. The molecule has 0 spiro atoms. The summed E-state index contributed by atoms with van der Waals surface area (Å²) in [6.45, 7) is 0. The van der Waals surface area contributed by atoms with Crippen LogP contribution in [0.25, 0.3) is 28.2 Å². The Kier molecular flexibility index (Phi) is 5.15. The van der Waals surface area contributed by atoms with Crippen LogP contribution in [0.3, 0.4) is 0 Å². The summed E-state index contributed by atoms with van der Waals surface area (Å²) in [7, 11) is 0. The largest absolute Gasteiger partial charge is 0.418 e. The van der Waals surface area contributed by atoms with Gasteiger partial charge in [0.2, 0.25) is 0 Å². The Morgan fingerprint density at radius 3 is 2.62 bits per heavy atom. The van der Waals surface area contributed by atoms with Crippen molar-refractivity contribution in [3.63, 3.8) is 0 Å². The summed E-state index contributed by atoms with van der Waals surface area (Å²) in [6, 6.07) is 13.7. The maximum Gasteiger partial charge on any atom is 0.418 e. The first-order chi connectivity index (χ1) is 17.8. The molecule has 9 nitrogen and oxygen atoms in total. The van der Waals surface area contributed by atoms with Crippen LogP contribution in [-0.2, 0) is 6.18 Å². The number of H-pyrrole nitrogens is 1. The molecule has 0 atom stereocenters. The molecule has 1 saturated carbocycles. The van der Waals surface area contributed by atoms with Gasteiger partial charge in [0.15, 0.2) is 5.82 Å². The SMILES string of the molecule is N#Cc1ccc2c(c1)[nH]c(=O)n2[C@H]1C[C@H](c2nnc(-c3ccncn3)n2-c2ccccc2C(F)(F)F)C1. The smallest absolute Gasteiger partial charge is 0.305 e. The van der Waals surface area contributed by atoms with E-state index in [9.17, 15) is 18.0 Å². The first-order valence-electron chi connectivity index (χ1n) is 11.4. The summed E-state index contributed by atoms with van der Waals surface area (Å²) in [6.07, 6.45) is -0.865. The van der Waals surface area contributed by atoms with Crippen molar-refractivity contribution < 1.29 is 13.2 Å². The number of aromatic amines is 1. The first kappa shape index (κ1) is 22.7. The highest BCUT2D eigenvalue weighted by Gasteiger charge is 2.40. The van der Waals surface area contributed by atoms with Crippen molar-refractivity contribution in [3.05, 3.63) is 88.5 Å². The van der Waals surface area contributed by atoms with Crippen LogP contribution in [0.1, 0.15) is 41.8 Å². The summed E-state index contributed by atoms with van der Waals surface area (Å²) in [5, 5.41) is 17.6. The Bertz CT molecular complexity index is 1720. The van der Waals surface area contributed by atoms with Gasteiger partial charge in [0.05, 0.1) is 33.9 Å². The van der Waals surface area contributed by atoms with Crippen LogP contribution in [0.2, 0.25) is 0 Å². The molecule has 0 saturated heterocycles. The lowest BCUT2D eigenvalue weighted by Crippen LogP contribution is -2.33. The van der Waals surface area contributed by atoms with Crippen molar-refractivity contribution in [2.75, 3.05) is 0 Å². The van der Waals surface area contributed by atoms with Gasteiger partial charge in [-0.25, -0.2) is 14.8 Å². The standard InChI is InChI=1S/C25H17F3N8O/c26-25(27,28)17-3-1-2-4-20(17)36-22(33-34-23(36)18-7-8-30-13-31-18)15-10-16(11-15)35-21-6-5-14(12-29)9-19(21)32-24(35)37/h1-9,13,15-16H,10-11H2,(H,32,37)/t15-,16-. The Morgan fingerprint density at radius 2 is 1.89 bits per heavy atom. The lowest BCUT2D eigenvalue weighted by atomic mass is 9.79. The van der Waals surface area contributed by atoms with E-state index < -0.39 is 11.7 Å². The number of rotatable bonds is 4. The second-order valence-electron chi connectivity index (χ2n) is 8.79. The zero-order valence-electron chi connectivity index (χ0n) is 19.0. The van der Waals surface area contributed by atoms with E-state index in [2.05, 4.69) is 25.1 Å². The number of halogens is 3. The van der Waals surface area contributed by atoms with Gasteiger partial charge in [-0.15, -0.1) is 10.2 Å². The number of imidazole rings is 1. The van der Waals surface area contributed by atoms with Gasteiger partial charge >= 0.3 is 11.9 Å². The predicted molar refractivity (Wildman–Crippen MR) is 126 cm³/mol. The number of nitriles is 1. The van der Waals surface area contributed by atoms with E-state index in [1.807, 2.05) is 6.07 Å². The fourth-order valence-electron chi connectivity index (χ4n) is 4.87. The van der Waals surface area contributed by atoms with Crippen molar-refractivity contribution in [2.24, 2.45) is 0 Å². The van der Waals surface area contributed by atoms with Gasteiger partial charge in [0, 0.05) is 18.2 Å². The van der Waals surface area contributed by atoms with Crippen molar-refractivity contribution in [3.8, 4) is 23.3 Å². The highest BCUT2D eigenvalue weighted by Crippen LogP contribution is 2.46. The fourth-order valence-corrected chi connectivity index (χ4v) is 4.87. The third kappa shape index (κ3) is 3.76. The fraction of sp³-hybridized carbons (Fsp3) is 0.200. The van der Waals surface area contributed by atoms with E-state index in [0.717, 1.165) is 6.07 Å². The zero-order valence-corrected chi connectivity index (χ0v) is 19.0. The van der Waals surface area contributed by atoms with Gasteiger partial charge in [-0.2, -0.15) is 18.4 Å². The van der Waals surface area contributed by atoms with Crippen molar-refractivity contribution in [2.45, 2.75) is 31.0 Å². The Balaban J connectivity index is 1.41. The average Bonchev–Trinajstić information content (AvgIpc) is 3.44. The zero-order chi connectivity index (χ0) is 25.7. The summed E-state index contributed by atoms with van der Waals surface area (Å²) >= 11 is 0. The van der Waals surface area contributed by atoms with E-state index in [0.29, 0.717) is 41.0 Å². The molecule has 5 aromatic rings. The molecule has 12 heteroatoms. The molecule has 0 bridgehead atoms. The molecule has 1 fully saturated rings. The third-order valence-corrected chi connectivity index (χ3v) is 6.64. The molecule has 2 aromatic carbocycles. The van der Waals surface area contributed by atoms with Gasteiger partial charge in [-0.05, 0) is 49.2 Å². The highest BCUT2D eigenvalue weighted by molar-refractivity contribution is 5.77. The Hall–Kier alpha value is -4.79. The molecule has 0 amide bonds. The molecule has 0 unspecified atom stereocenters. The quantitative estimate of drug-likeness (QED) is 0.390. The maximum absolute atomic E-state index is 14.0. The van der Waals surface area contributed by atoms with Gasteiger partial charge in [-0.1, -0.05) is 12.1 Å². The van der Waals surface area contributed by atoms with Crippen LogP contribution in [0.15, 0.2) is 65.8 Å². The molecule has 6 rings (SSSR count). The van der Waals surface area contributed by atoms with Crippen molar-refractivity contribution in [1.29, 1.82) is 5.26 Å². The molecule has 1 N–H and O–H groups in total. The molecule has 1 aliphatic rings. The van der Waals surface area contributed by atoms with E-state index in [4.69, 9.17) is 5.26 Å². The number of alkyl halides is 3. The molecule has 0 radical (unpaired) electrons. The summed E-state index contributed by atoms with van der Waals surface area (Å²) in [5.41, 5.74) is 0.769. The number of benzene rings is 2. The topological polar surface area (TPSA) is 118 Å². The van der Waals surface area contributed by atoms with Gasteiger partial charge in [-0.3, -0.25) is 9.13 Å². The minimum atomic E-state index is -4.59. The monoisotopic (exact) mass is 502 g/mol. The second-order valence-corrected chi connectivity index (χ2v) is 8.79. The summed E-state index contributed by atoms with van der Waals surface area (Å²) < 4.78 is 44.9. The highest BCUT2D eigenvalue weighted by atomic mass is 19.4. The van der Waals surface area contributed by atoms with Crippen LogP contribution in [0, 0.1) is 11.3 Å². The summed E-state index contributed by atoms with van der Waals surface area (Å²) in [5.74, 6) is 0.289. The number of nitrogens with zero attached hydrogens (tertiary/aromatic N) is 7. The number of nitrogens with one attached hydrogen (secondary N) is 1. The number of hydrogen-bond acceptors (Lipinski definition) is 6. The Labute approximate surface area is 206 Å². The molecular weight excluding hydrogens is 485 g/mol. The number of para-hydroxylation sites is 1. The van der Waals surface area contributed by atoms with E-state index >= 15 is 0 Å². The molecule has 1 aliphatic carbocycles. The number of hydrogen-bond donors (Lipinski definition) is 1. The van der Waals surface area contributed by atoms with Crippen LogP contribution >= 0.6 is 0 Å². The van der Waals surface area contributed by atoms with Crippen molar-refractivity contribution in [1.82, 2.24) is 34.3 Å². The maximum atomic E-state index is 14.0. The Morgan fingerprint density at radius 1 is 1.08 bits per heavy atom. The summed E-state index contributed by atoms with van der Waals surface area (Å²) in [4.78, 5) is 23.5. The third-order valence-electron chi connectivity index (χ3n) is 6.64. The van der Waals surface area contributed by atoms with E-state index in [-0.39, 0.29) is 29.2 Å².